The van der Waals surface area contributed by atoms with E-state index in [2.05, 4.69) is 17.9 Å². The summed E-state index contributed by atoms with van der Waals surface area (Å²) in [5.41, 5.74) is 0. The van der Waals surface area contributed by atoms with Crippen molar-refractivity contribution in [2.75, 3.05) is 13.1 Å². The van der Waals surface area contributed by atoms with Crippen LogP contribution in [-0.4, -0.2) is 29.1 Å². The highest BCUT2D eigenvalue weighted by Crippen LogP contribution is 2.30. The zero-order valence-corrected chi connectivity index (χ0v) is 12.2. The predicted octanol–water partition coefficient (Wildman–Crippen LogP) is 3.47. The molecule has 1 aromatic heterocycles. The Morgan fingerprint density at radius 2 is 2.32 bits per heavy atom. The van der Waals surface area contributed by atoms with Crippen molar-refractivity contribution in [1.82, 2.24) is 4.90 Å². The Bertz CT molecular complexity index is 449. The molecule has 1 saturated carbocycles. The van der Waals surface area contributed by atoms with Crippen LogP contribution >= 0.6 is 11.3 Å². The van der Waals surface area contributed by atoms with Gasteiger partial charge in [-0.3, -0.25) is 4.90 Å². The summed E-state index contributed by atoms with van der Waals surface area (Å²) in [5.74, 6) is 0.0224. The minimum atomic E-state index is -0.892. The van der Waals surface area contributed by atoms with Gasteiger partial charge < -0.3 is 5.11 Å². The Hall–Kier alpha value is -1.13. The number of nitrogens with zero attached hydrogens (tertiary/aromatic N) is 1. The van der Waals surface area contributed by atoms with Gasteiger partial charge in [0.2, 0.25) is 0 Å². The smallest absolute Gasteiger partial charge is 0.328 e. The summed E-state index contributed by atoms with van der Waals surface area (Å²) in [5, 5.41) is 8.61. The molecule has 0 amide bonds. The van der Waals surface area contributed by atoms with Crippen LogP contribution < -0.4 is 0 Å². The second-order valence-electron chi connectivity index (χ2n) is 5.15. The highest BCUT2D eigenvalue weighted by Gasteiger charge is 2.24. The van der Waals surface area contributed by atoms with Crippen LogP contribution in [0.25, 0.3) is 6.08 Å². The van der Waals surface area contributed by atoms with E-state index < -0.39 is 5.97 Å². The van der Waals surface area contributed by atoms with E-state index in [4.69, 9.17) is 5.11 Å². The van der Waals surface area contributed by atoms with Crippen LogP contribution in [0.2, 0.25) is 0 Å². The summed E-state index contributed by atoms with van der Waals surface area (Å²) in [6, 6.07) is 4.11. The minimum Gasteiger partial charge on any atom is -0.478 e. The first-order chi connectivity index (χ1) is 9.17. The summed E-state index contributed by atoms with van der Waals surface area (Å²) < 4.78 is 0. The van der Waals surface area contributed by atoms with E-state index in [1.807, 2.05) is 6.07 Å². The van der Waals surface area contributed by atoms with Crippen molar-refractivity contribution in [3.05, 3.63) is 28.0 Å². The number of thiophene rings is 1. The molecule has 3 nitrogen and oxygen atoms in total. The fourth-order valence-corrected chi connectivity index (χ4v) is 3.12. The standard InChI is InChI=1S/C15H21NO2S/c1-2-9-16(10-12-3-4-12)11-14-6-5-13(19-14)7-8-15(17)18/h5-8,12H,2-4,9-11H2,1H3,(H,17,18)/b8-7+. The molecule has 0 aliphatic heterocycles. The molecule has 0 unspecified atom stereocenters. The highest BCUT2D eigenvalue weighted by molar-refractivity contribution is 7.12. The van der Waals surface area contributed by atoms with Crippen LogP contribution in [0, 0.1) is 5.92 Å². The molecule has 0 aromatic carbocycles. The lowest BCUT2D eigenvalue weighted by Gasteiger charge is -2.20. The Kier molecular flexibility index (Phi) is 5.16. The molecule has 1 fully saturated rings. The number of aliphatic carboxylic acids is 1. The maximum absolute atomic E-state index is 10.5. The molecule has 1 N–H and O–H groups in total. The van der Waals surface area contributed by atoms with Crippen molar-refractivity contribution in [3.63, 3.8) is 0 Å². The molecule has 1 aliphatic rings. The quantitative estimate of drug-likeness (QED) is 0.741. The number of hydrogen-bond donors (Lipinski definition) is 1. The van der Waals surface area contributed by atoms with E-state index in [1.165, 1.54) is 36.8 Å². The van der Waals surface area contributed by atoms with Gasteiger partial charge in [-0.1, -0.05) is 6.92 Å². The van der Waals surface area contributed by atoms with Crippen LogP contribution in [0.3, 0.4) is 0 Å². The maximum atomic E-state index is 10.5. The minimum absolute atomic E-state index is 0.892. The molecule has 19 heavy (non-hydrogen) atoms. The summed E-state index contributed by atoms with van der Waals surface area (Å²) in [7, 11) is 0. The first-order valence-corrected chi connectivity index (χ1v) is 7.71. The molecule has 2 rings (SSSR count). The third-order valence-corrected chi connectivity index (χ3v) is 4.24. The van der Waals surface area contributed by atoms with Gasteiger partial charge in [0.25, 0.3) is 0 Å². The van der Waals surface area contributed by atoms with Crippen molar-refractivity contribution in [3.8, 4) is 0 Å². The number of carbonyl (C=O) groups is 1. The van der Waals surface area contributed by atoms with Gasteiger partial charge in [0.15, 0.2) is 0 Å². The van der Waals surface area contributed by atoms with Gasteiger partial charge >= 0.3 is 5.97 Å². The van der Waals surface area contributed by atoms with Gasteiger partial charge in [-0.25, -0.2) is 4.79 Å². The Labute approximate surface area is 118 Å². The van der Waals surface area contributed by atoms with Crippen molar-refractivity contribution in [1.29, 1.82) is 0 Å². The van der Waals surface area contributed by atoms with Crippen LogP contribution in [0.4, 0.5) is 0 Å². The van der Waals surface area contributed by atoms with Crippen LogP contribution in [0.5, 0.6) is 0 Å². The molecule has 0 saturated heterocycles. The van der Waals surface area contributed by atoms with E-state index in [0.29, 0.717) is 0 Å². The topological polar surface area (TPSA) is 40.5 Å². The number of carboxylic acids is 1. The van der Waals surface area contributed by atoms with Gasteiger partial charge in [-0.2, -0.15) is 0 Å². The Morgan fingerprint density at radius 3 is 2.95 bits per heavy atom. The van der Waals surface area contributed by atoms with E-state index in [0.717, 1.165) is 23.9 Å². The van der Waals surface area contributed by atoms with Gasteiger partial charge in [0, 0.05) is 28.9 Å². The molecule has 4 heteroatoms. The SMILES string of the molecule is CCCN(Cc1ccc(/C=C/C(=O)O)s1)CC1CC1. The van der Waals surface area contributed by atoms with Crippen LogP contribution in [0.1, 0.15) is 35.9 Å². The average molecular weight is 279 g/mol. The zero-order chi connectivity index (χ0) is 13.7. The molecule has 0 spiro atoms. The molecular weight excluding hydrogens is 258 g/mol. The monoisotopic (exact) mass is 279 g/mol. The second-order valence-corrected chi connectivity index (χ2v) is 6.35. The molecule has 104 valence electrons. The van der Waals surface area contributed by atoms with Gasteiger partial charge in [-0.05, 0) is 49.9 Å². The predicted molar refractivity (Wildman–Crippen MR) is 79.3 cm³/mol. The van der Waals surface area contributed by atoms with Crippen LogP contribution in [0.15, 0.2) is 18.2 Å². The second kappa shape index (κ2) is 6.87. The molecule has 1 aliphatic carbocycles. The fraction of sp³-hybridized carbons (Fsp3) is 0.533. The van der Waals surface area contributed by atoms with Gasteiger partial charge in [0.1, 0.15) is 0 Å². The maximum Gasteiger partial charge on any atom is 0.328 e. The highest BCUT2D eigenvalue weighted by atomic mass is 32.1. The summed E-state index contributed by atoms with van der Waals surface area (Å²) in [6.45, 7) is 5.58. The summed E-state index contributed by atoms with van der Waals surface area (Å²) in [4.78, 5) is 15.3. The third kappa shape index (κ3) is 5.17. The third-order valence-electron chi connectivity index (χ3n) is 3.21. The lowest BCUT2D eigenvalue weighted by atomic mass is 10.3. The van der Waals surface area contributed by atoms with Crippen molar-refractivity contribution < 1.29 is 9.90 Å². The van der Waals surface area contributed by atoms with Crippen molar-refractivity contribution in [2.45, 2.75) is 32.7 Å². The fourth-order valence-electron chi connectivity index (χ4n) is 2.16. The van der Waals surface area contributed by atoms with Gasteiger partial charge in [0.05, 0.1) is 0 Å². The normalized spacial score (nSPS) is 15.5. The molecule has 0 atom stereocenters. The molecule has 1 heterocycles. The molecular formula is C15H21NO2S. The number of hydrogen-bond acceptors (Lipinski definition) is 3. The molecule has 1 aromatic rings. The Balaban J connectivity index is 1.90. The van der Waals surface area contributed by atoms with E-state index >= 15 is 0 Å². The molecule has 0 radical (unpaired) electrons. The summed E-state index contributed by atoms with van der Waals surface area (Å²) in [6.07, 6.45) is 6.82. The number of rotatable bonds is 8. The number of carboxylic acid groups (broad SMARTS) is 1. The lowest BCUT2D eigenvalue weighted by molar-refractivity contribution is -0.131. The first-order valence-electron chi connectivity index (χ1n) is 6.89. The van der Waals surface area contributed by atoms with Crippen molar-refractivity contribution >= 4 is 23.4 Å². The van der Waals surface area contributed by atoms with E-state index in [1.54, 1.807) is 17.4 Å². The zero-order valence-electron chi connectivity index (χ0n) is 11.3. The first kappa shape index (κ1) is 14.3. The lowest BCUT2D eigenvalue weighted by Crippen LogP contribution is -2.25. The van der Waals surface area contributed by atoms with Crippen molar-refractivity contribution in [2.24, 2.45) is 5.92 Å². The van der Waals surface area contributed by atoms with Crippen LogP contribution in [-0.2, 0) is 11.3 Å². The average Bonchev–Trinajstić information content (AvgIpc) is 3.05. The van der Waals surface area contributed by atoms with E-state index in [9.17, 15) is 4.79 Å². The van der Waals surface area contributed by atoms with E-state index in [-0.39, 0.29) is 0 Å². The summed E-state index contributed by atoms with van der Waals surface area (Å²) >= 11 is 1.68. The van der Waals surface area contributed by atoms with Gasteiger partial charge in [-0.15, -0.1) is 11.3 Å². The molecule has 0 bridgehead atoms. The Morgan fingerprint density at radius 1 is 1.53 bits per heavy atom. The largest absolute Gasteiger partial charge is 0.478 e.